The van der Waals surface area contributed by atoms with Gasteiger partial charge in [-0.15, -0.1) is 12.4 Å². The second-order valence-corrected chi connectivity index (χ2v) is 12.0. The molecule has 0 saturated carbocycles. The molecule has 5 amide bonds. The Hall–Kier alpha value is -4.78. The van der Waals surface area contributed by atoms with E-state index in [-0.39, 0.29) is 43.1 Å². The average molecular weight is 744 g/mol. The van der Waals surface area contributed by atoms with E-state index in [0.29, 0.717) is 65.0 Å². The normalized spacial score (nSPS) is 12.5. The van der Waals surface area contributed by atoms with Crippen LogP contribution in [0.15, 0.2) is 66.7 Å². The smallest absolute Gasteiger partial charge is 0.409 e. The number of carbonyl (C=O) groups is 4. The number of fused-ring (bicyclic) bond motifs is 1. The van der Waals surface area contributed by atoms with Gasteiger partial charge in [-0.2, -0.15) is 0 Å². The number of carbonyl (C=O) groups excluding carboxylic acids is 4. The van der Waals surface area contributed by atoms with E-state index in [2.05, 4.69) is 15.6 Å². The molecule has 1 saturated heterocycles. The van der Waals surface area contributed by atoms with Gasteiger partial charge in [-0.05, 0) is 56.3 Å². The Kier molecular flexibility index (Phi) is 13.1. The minimum absolute atomic E-state index is 0. The zero-order valence-corrected chi connectivity index (χ0v) is 30.0. The third-order valence-electron chi connectivity index (χ3n) is 7.96. The van der Waals surface area contributed by atoms with Crippen LogP contribution in [0.4, 0.5) is 21.0 Å². The van der Waals surface area contributed by atoms with Gasteiger partial charge in [0.1, 0.15) is 17.9 Å². The number of ether oxygens (including phenoxy) is 2. The second kappa shape index (κ2) is 17.2. The molecule has 0 radical (unpaired) electrons. The number of likely N-dealkylation sites (N-methyl/N-ethyl adjacent to an activating group) is 1. The van der Waals surface area contributed by atoms with Gasteiger partial charge in [0.25, 0.3) is 5.91 Å². The molecule has 264 valence electrons. The van der Waals surface area contributed by atoms with E-state index in [1.165, 1.54) is 4.90 Å². The number of hydrogen-bond donors (Lipinski definition) is 2. The molecular weight excluding hydrogens is 707 g/mol. The Labute approximate surface area is 306 Å². The minimum Gasteiger partial charge on any atom is -0.487 e. The monoisotopic (exact) mass is 742 g/mol. The number of aryl methyl sites for hydroxylation is 1. The van der Waals surface area contributed by atoms with E-state index in [1.807, 2.05) is 37.3 Å². The number of urea groups is 1. The van der Waals surface area contributed by atoms with Gasteiger partial charge in [-0.3, -0.25) is 9.59 Å². The van der Waals surface area contributed by atoms with Crippen LogP contribution >= 0.6 is 35.6 Å². The maximum absolute atomic E-state index is 13.1. The summed E-state index contributed by atoms with van der Waals surface area (Å²) < 4.78 is 11.1. The summed E-state index contributed by atoms with van der Waals surface area (Å²) in [6, 6.07) is 18.6. The maximum Gasteiger partial charge on any atom is 0.409 e. The fraction of sp³-hybridized carbons (Fsp3) is 0.286. The van der Waals surface area contributed by atoms with Gasteiger partial charge in [0.05, 0.1) is 23.9 Å². The topological polar surface area (TPSA) is 133 Å². The van der Waals surface area contributed by atoms with Gasteiger partial charge in [0.15, 0.2) is 0 Å². The Bertz CT molecular complexity index is 1890. The molecule has 1 fully saturated rings. The lowest BCUT2D eigenvalue weighted by molar-refractivity contribution is -0.117. The zero-order chi connectivity index (χ0) is 35.1. The lowest BCUT2D eigenvalue weighted by Crippen LogP contribution is -2.50. The maximum atomic E-state index is 13.1. The molecule has 0 spiro atoms. The van der Waals surface area contributed by atoms with Crippen molar-refractivity contribution in [2.45, 2.75) is 20.5 Å². The molecule has 1 aliphatic heterocycles. The molecule has 2 heterocycles. The number of rotatable bonds is 9. The van der Waals surface area contributed by atoms with Crippen LogP contribution in [0.25, 0.3) is 10.9 Å². The number of nitrogens with zero attached hydrogens (tertiary/aromatic N) is 4. The summed E-state index contributed by atoms with van der Waals surface area (Å²) in [5, 5.41) is 6.75. The SMILES string of the molecule is CCOC(=O)N1CCN(C(=O)c2cccc(NC(=O)NCC(=O)N(C)c3ccc(Cl)c(COc4cccc5ccc(C)nc45)c3Cl)c2)CC1.Cl. The predicted octanol–water partition coefficient (Wildman–Crippen LogP) is 6.55. The third kappa shape index (κ3) is 9.06. The summed E-state index contributed by atoms with van der Waals surface area (Å²) in [6.07, 6.45) is -0.396. The number of halogens is 3. The highest BCUT2D eigenvalue weighted by Crippen LogP contribution is 2.35. The Balaban J connectivity index is 0.00000562. The van der Waals surface area contributed by atoms with E-state index >= 15 is 0 Å². The number of piperazine rings is 1. The Morgan fingerprint density at radius 2 is 1.66 bits per heavy atom. The number of pyridine rings is 1. The van der Waals surface area contributed by atoms with Gasteiger partial charge in [0, 0.05) is 66.1 Å². The number of aromatic nitrogens is 1. The molecule has 4 aromatic rings. The first-order chi connectivity index (χ1) is 23.5. The number of amides is 5. The minimum atomic E-state index is -0.635. The van der Waals surface area contributed by atoms with Crippen LogP contribution in [0.2, 0.25) is 10.0 Å². The molecule has 50 heavy (non-hydrogen) atoms. The summed E-state index contributed by atoms with van der Waals surface area (Å²) in [6.45, 7) is 5.09. The predicted molar refractivity (Wildman–Crippen MR) is 196 cm³/mol. The van der Waals surface area contributed by atoms with E-state index in [4.69, 9.17) is 32.7 Å². The standard InChI is InChI=1S/C35H36Cl2N6O6.ClH/c1-4-48-35(47)43-17-15-42(16-18-43)33(45)24-8-5-9-25(19-24)40-34(46)38-20-30(44)41(3)28-14-13-27(36)26(31(28)37)21-49-29-10-6-7-23-12-11-22(2)39-32(23)29;/h5-14,19H,4,15-18,20-21H2,1-3H3,(H2,38,40,46);1H. The lowest BCUT2D eigenvalue weighted by atomic mass is 10.1. The molecule has 2 N–H and O–H groups in total. The van der Waals surface area contributed by atoms with E-state index in [1.54, 1.807) is 60.2 Å². The van der Waals surface area contributed by atoms with Crippen molar-refractivity contribution in [3.05, 3.63) is 93.6 Å². The van der Waals surface area contributed by atoms with Crippen molar-refractivity contribution in [2.75, 3.05) is 56.6 Å². The van der Waals surface area contributed by atoms with Crippen LogP contribution in [0.1, 0.15) is 28.5 Å². The number of anilines is 2. The van der Waals surface area contributed by atoms with Crippen molar-refractivity contribution in [2.24, 2.45) is 0 Å². The summed E-state index contributed by atoms with van der Waals surface area (Å²) in [7, 11) is 1.54. The van der Waals surface area contributed by atoms with Crippen LogP contribution in [-0.4, -0.2) is 85.1 Å². The lowest BCUT2D eigenvalue weighted by Gasteiger charge is -2.34. The zero-order valence-electron chi connectivity index (χ0n) is 27.7. The molecule has 0 bridgehead atoms. The first-order valence-electron chi connectivity index (χ1n) is 15.6. The summed E-state index contributed by atoms with van der Waals surface area (Å²) in [4.78, 5) is 60.0. The molecule has 12 nitrogen and oxygen atoms in total. The van der Waals surface area contributed by atoms with Crippen molar-refractivity contribution in [1.82, 2.24) is 20.1 Å². The first kappa shape index (κ1) is 38.0. The summed E-state index contributed by atoms with van der Waals surface area (Å²) in [5.41, 5.74) is 3.20. The Morgan fingerprint density at radius 3 is 2.40 bits per heavy atom. The fourth-order valence-electron chi connectivity index (χ4n) is 5.26. The number of nitrogens with one attached hydrogen (secondary N) is 2. The molecular formula is C35H37Cl3N6O6. The molecule has 1 aromatic heterocycles. The van der Waals surface area contributed by atoms with Crippen molar-refractivity contribution in [3.8, 4) is 5.75 Å². The van der Waals surface area contributed by atoms with Crippen molar-refractivity contribution >= 4 is 81.8 Å². The molecule has 3 aromatic carbocycles. The quantitative estimate of drug-likeness (QED) is 0.199. The molecule has 15 heteroatoms. The number of benzene rings is 3. The molecule has 0 atom stereocenters. The first-order valence-corrected chi connectivity index (χ1v) is 16.4. The molecule has 1 aliphatic rings. The highest BCUT2D eigenvalue weighted by molar-refractivity contribution is 6.38. The van der Waals surface area contributed by atoms with Crippen LogP contribution in [0.5, 0.6) is 5.75 Å². The Morgan fingerprint density at radius 1 is 0.940 bits per heavy atom. The molecule has 0 aliphatic carbocycles. The van der Waals surface area contributed by atoms with Crippen molar-refractivity contribution in [1.29, 1.82) is 0 Å². The van der Waals surface area contributed by atoms with Crippen LogP contribution < -0.4 is 20.3 Å². The van der Waals surface area contributed by atoms with Gasteiger partial charge in [0.2, 0.25) is 5.91 Å². The third-order valence-corrected chi connectivity index (χ3v) is 8.73. The van der Waals surface area contributed by atoms with E-state index in [0.717, 1.165) is 11.1 Å². The van der Waals surface area contributed by atoms with Gasteiger partial charge >= 0.3 is 12.1 Å². The largest absolute Gasteiger partial charge is 0.487 e. The number of hydrogen-bond acceptors (Lipinski definition) is 7. The highest BCUT2D eigenvalue weighted by atomic mass is 35.5. The second-order valence-electron chi connectivity index (χ2n) is 11.2. The summed E-state index contributed by atoms with van der Waals surface area (Å²) >= 11 is 13.2. The van der Waals surface area contributed by atoms with Crippen molar-refractivity contribution < 1.29 is 28.7 Å². The van der Waals surface area contributed by atoms with E-state index < -0.39 is 18.0 Å². The van der Waals surface area contributed by atoms with Crippen LogP contribution in [0.3, 0.4) is 0 Å². The summed E-state index contributed by atoms with van der Waals surface area (Å²) in [5.74, 6) is -0.0918. The fourth-order valence-corrected chi connectivity index (χ4v) is 5.87. The number of para-hydroxylation sites is 1. The van der Waals surface area contributed by atoms with Crippen LogP contribution in [-0.2, 0) is 16.1 Å². The van der Waals surface area contributed by atoms with E-state index in [9.17, 15) is 19.2 Å². The van der Waals surface area contributed by atoms with Gasteiger partial charge < -0.3 is 34.8 Å². The van der Waals surface area contributed by atoms with Gasteiger partial charge in [-0.25, -0.2) is 14.6 Å². The molecule has 5 rings (SSSR count). The average Bonchev–Trinajstić information content (AvgIpc) is 3.10. The van der Waals surface area contributed by atoms with Crippen molar-refractivity contribution in [3.63, 3.8) is 0 Å². The molecule has 0 unspecified atom stereocenters. The van der Waals surface area contributed by atoms with Gasteiger partial charge in [-0.1, -0.05) is 47.5 Å². The van der Waals surface area contributed by atoms with Crippen LogP contribution in [0, 0.1) is 6.92 Å². The highest BCUT2D eigenvalue weighted by Gasteiger charge is 2.26.